The van der Waals surface area contributed by atoms with Gasteiger partial charge in [-0.2, -0.15) is 0 Å². The zero-order chi connectivity index (χ0) is 12.6. The number of hydrogen-bond acceptors (Lipinski definition) is 3. The number of rotatable bonds is 2. The Hall–Kier alpha value is -1.26. The summed E-state index contributed by atoms with van der Waals surface area (Å²) in [7, 11) is 0. The average Bonchev–Trinajstić information content (AvgIpc) is 3.08. The summed E-state index contributed by atoms with van der Waals surface area (Å²) < 4.78 is 0. The number of amidine groups is 1. The van der Waals surface area contributed by atoms with Gasteiger partial charge < -0.3 is 15.8 Å². The topological polar surface area (TPSA) is 78.9 Å². The largest absolute Gasteiger partial charge is 0.409 e. The highest BCUT2D eigenvalue weighted by molar-refractivity contribution is 6.09. The van der Waals surface area contributed by atoms with Gasteiger partial charge in [0.2, 0.25) is 5.91 Å². The van der Waals surface area contributed by atoms with Gasteiger partial charge in [0.05, 0.1) is 0 Å². The fraction of sp³-hybridized carbons (Fsp3) is 0.833. The maximum absolute atomic E-state index is 12.6. The highest BCUT2D eigenvalue weighted by Crippen LogP contribution is 2.48. The zero-order valence-corrected chi connectivity index (χ0v) is 10.5. The molecule has 5 heteroatoms. The number of carbonyl (C=O) groups is 1. The number of nitrogens with zero attached hydrogens (tertiary/aromatic N) is 2. The Labute approximate surface area is 102 Å². The summed E-state index contributed by atoms with van der Waals surface area (Å²) in [6.45, 7) is 4.16. The van der Waals surface area contributed by atoms with Crippen LogP contribution >= 0.6 is 0 Å². The predicted octanol–water partition coefficient (Wildman–Crippen LogP) is 1.30. The molecular formula is C12H21N3O2. The first-order chi connectivity index (χ1) is 8.03. The quantitative estimate of drug-likeness (QED) is 0.330. The molecule has 0 radical (unpaired) electrons. The molecular weight excluding hydrogens is 218 g/mol. The molecule has 1 aliphatic carbocycles. The first kappa shape index (κ1) is 12.2. The fourth-order valence-corrected chi connectivity index (χ4v) is 2.87. The second-order valence-corrected chi connectivity index (χ2v) is 5.41. The van der Waals surface area contributed by atoms with Crippen molar-refractivity contribution in [3.63, 3.8) is 0 Å². The van der Waals surface area contributed by atoms with Crippen molar-refractivity contribution in [2.24, 2.45) is 16.3 Å². The third-order valence-corrected chi connectivity index (χ3v) is 4.19. The van der Waals surface area contributed by atoms with Crippen molar-refractivity contribution >= 4 is 11.7 Å². The zero-order valence-electron chi connectivity index (χ0n) is 10.5. The number of amides is 1. The van der Waals surface area contributed by atoms with Crippen molar-refractivity contribution in [1.82, 2.24) is 4.90 Å². The maximum Gasteiger partial charge on any atom is 0.237 e. The highest BCUT2D eigenvalue weighted by atomic mass is 16.4. The summed E-state index contributed by atoms with van der Waals surface area (Å²) in [5, 5.41) is 11.8. The Morgan fingerprint density at radius 3 is 2.29 bits per heavy atom. The van der Waals surface area contributed by atoms with Gasteiger partial charge in [-0.05, 0) is 46.0 Å². The summed E-state index contributed by atoms with van der Waals surface area (Å²) in [5.74, 6) is 0.125. The van der Waals surface area contributed by atoms with Crippen LogP contribution in [0.5, 0.6) is 0 Å². The molecule has 2 atom stereocenters. The summed E-state index contributed by atoms with van der Waals surface area (Å²) in [6.07, 6.45) is 4.67. The smallest absolute Gasteiger partial charge is 0.237 e. The van der Waals surface area contributed by atoms with Gasteiger partial charge in [-0.1, -0.05) is 5.16 Å². The minimum atomic E-state index is -0.700. The van der Waals surface area contributed by atoms with Crippen LogP contribution in [-0.4, -0.2) is 33.9 Å². The minimum absolute atomic E-state index is 0.0486. The fourth-order valence-electron chi connectivity index (χ4n) is 2.87. The Bertz CT molecular complexity index is 340. The van der Waals surface area contributed by atoms with Crippen LogP contribution in [0.25, 0.3) is 0 Å². The molecule has 1 saturated carbocycles. The van der Waals surface area contributed by atoms with Crippen LogP contribution in [0.15, 0.2) is 5.16 Å². The van der Waals surface area contributed by atoms with Crippen LogP contribution in [0.1, 0.15) is 46.0 Å². The Kier molecular flexibility index (Phi) is 3.02. The molecule has 1 heterocycles. The number of piperidine rings is 1. The molecule has 0 aromatic carbocycles. The molecule has 0 aromatic rings. The number of likely N-dealkylation sites (tertiary alicyclic amines) is 1. The number of oxime groups is 1. The third kappa shape index (κ3) is 1.87. The van der Waals surface area contributed by atoms with E-state index < -0.39 is 5.41 Å². The average molecular weight is 239 g/mol. The summed E-state index contributed by atoms with van der Waals surface area (Å²) >= 11 is 0. The van der Waals surface area contributed by atoms with Gasteiger partial charge in [0.25, 0.3) is 0 Å². The van der Waals surface area contributed by atoms with E-state index in [0.717, 1.165) is 12.8 Å². The van der Waals surface area contributed by atoms with Crippen LogP contribution < -0.4 is 5.73 Å². The molecule has 5 nitrogen and oxygen atoms in total. The summed E-state index contributed by atoms with van der Waals surface area (Å²) in [5.41, 5.74) is 4.96. The number of hydrogen-bond donors (Lipinski definition) is 2. The molecule has 17 heavy (non-hydrogen) atoms. The van der Waals surface area contributed by atoms with Crippen molar-refractivity contribution in [3.8, 4) is 0 Å². The molecule has 2 fully saturated rings. The minimum Gasteiger partial charge on any atom is -0.409 e. The third-order valence-electron chi connectivity index (χ3n) is 4.19. The van der Waals surface area contributed by atoms with E-state index in [1.54, 1.807) is 0 Å². The molecule has 1 amide bonds. The van der Waals surface area contributed by atoms with Crippen LogP contribution in [-0.2, 0) is 4.79 Å². The molecule has 3 N–H and O–H groups in total. The SMILES string of the molecule is C[C@@H]1CCC[C@H](C)N1C(=O)C1(C(N)=NO)CC1. The predicted molar refractivity (Wildman–Crippen MR) is 64.7 cm³/mol. The van der Waals surface area contributed by atoms with Gasteiger partial charge in [-0.15, -0.1) is 0 Å². The standard InChI is InChI=1S/C12H21N3O2/c1-8-4-3-5-9(2)15(8)11(16)12(6-7-12)10(13)14-17/h8-9,17H,3-7H2,1-2H3,(H2,13,14)/t8-,9+. The van der Waals surface area contributed by atoms with E-state index in [2.05, 4.69) is 19.0 Å². The van der Waals surface area contributed by atoms with E-state index in [4.69, 9.17) is 10.9 Å². The maximum atomic E-state index is 12.6. The number of carbonyl (C=O) groups excluding carboxylic acids is 1. The molecule has 0 bridgehead atoms. The van der Waals surface area contributed by atoms with E-state index in [9.17, 15) is 4.79 Å². The molecule has 0 unspecified atom stereocenters. The molecule has 0 spiro atoms. The van der Waals surface area contributed by atoms with Crippen LogP contribution in [0.2, 0.25) is 0 Å². The monoisotopic (exact) mass is 239 g/mol. The Morgan fingerprint density at radius 1 is 1.35 bits per heavy atom. The van der Waals surface area contributed by atoms with E-state index in [1.807, 2.05) is 4.90 Å². The van der Waals surface area contributed by atoms with Gasteiger partial charge in [-0.25, -0.2) is 0 Å². The normalized spacial score (nSPS) is 32.4. The van der Waals surface area contributed by atoms with Crippen molar-refractivity contribution in [1.29, 1.82) is 0 Å². The van der Waals surface area contributed by atoms with E-state index in [1.165, 1.54) is 6.42 Å². The molecule has 1 saturated heterocycles. The lowest BCUT2D eigenvalue weighted by atomic mass is 9.93. The van der Waals surface area contributed by atoms with Crippen molar-refractivity contribution < 1.29 is 10.0 Å². The summed E-state index contributed by atoms with van der Waals surface area (Å²) in [6, 6.07) is 0.519. The van der Waals surface area contributed by atoms with Crippen LogP contribution in [0.4, 0.5) is 0 Å². The van der Waals surface area contributed by atoms with Crippen molar-refractivity contribution in [2.45, 2.75) is 58.0 Å². The Balaban J connectivity index is 2.19. The van der Waals surface area contributed by atoms with Crippen LogP contribution in [0.3, 0.4) is 0 Å². The second kappa shape index (κ2) is 4.20. The van der Waals surface area contributed by atoms with Crippen LogP contribution in [0, 0.1) is 5.41 Å². The Morgan fingerprint density at radius 2 is 1.88 bits per heavy atom. The first-order valence-corrected chi connectivity index (χ1v) is 6.33. The van der Waals surface area contributed by atoms with Gasteiger partial charge in [0, 0.05) is 12.1 Å². The van der Waals surface area contributed by atoms with E-state index in [-0.39, 0.29) is 23.8 Å². The molecule has 1 aliphatic heterocycles. The molecule has 0 aromatic heterocycles. The van der Waals surface area contributed by atoms with Gasteiger partial charge in [0.1, 0.15) is 5.41 Å². The van der Waals surface area contributed by atoms with Crippen molar-refractivity contribution in [3.05, 3.63) is 0 Å². The van der Waals surface area contributed by atoms with E-state index in [0.29, 0.717) is 12.8 Å². The highest BCUT2D eigenvalue weighted by Gasteiger charge is 2.57. The van der Waals surface area contributed by atoms with Gasteiger partial charge in [0.15, 0.2) is 5.84 Å². The first-order valence-electron chi connectivity index (χ1n) is 6.33. The van der Waals surface area contributed by atoms with E-state index >= 15 is 0 Å². The van der Waals surface area contributed by atoms with Crippen molar-refractivity contribution in [2.75, 3.05) is 0 Å². The molecule has 96 valence electrons. The lowest BCUT2D eigenvalue weighted by Crippen LogP contribution is -2.53. The lowest BCUT2D eigenvalue weighted by Gasteiger charge is -2.41. The summed E-state index contributed by atoms with van der Waals surface area (Å²) in [4.78, 5) is 14.5. The molecule has 2 aliphatic rings. The lowest BCUT2D eigenvalue weighted by molar-refractivity contribution is -0.140. The molecule has 2 rings (SSSR count). The number of nitrogens with two attached hydrogens (primary N) is 1. The van der Waals surface area contributed by atoms with Gasteiger partial charge >= 0.3 is 0 Å². The van der Waals surface area contributed by atoms with Gasteiger partial charge in [-0.3, -0.25) is 4.79 Å². The second-order valence-electron chi connectivity index (χ2n) is 5.41.